The van der Waals surface area contributed by atoms with E-state index in [2.05, 4.69) is 5.32 Å². The van der Waals surface area contributed by atoms with Gasteiger partial charge in [0.15, 0.2) is 0 Å². The Balaban J connectivity index is 1.89. The highest BCUT2D eigenvalue weighted by Crippen LogP contribution is 2.25. The van der Waals surface area contributed by atoms with Crippen molar-refractivity contribution in [2.45, 2.75) is 18.9 Å². The fourth-order valence-electron chi connectivity index (χ4n) is 1.62. The molecule has 0 radical (unpaired) electrons. The standard InChI is InChI=1S/C12H15FN2O/c1-15(9-6-7-9)8-12(16)14-11-5-3-2-4-10(11)13/h2-5,9H,6-8H2,1H3,(H,14,16). The van der Waals surface area contributed by atoms with E-state index in [1.165, 1.54) is 6.07 Å². The second kappa shape index (κ2) is 4.61. The van der Waals surface area contributed by atoms with Crippen molar-refractivity contribution in [2.75, 3.05) is 18.9 Å². The molecule has 0 aliphatic heterocycles. The van der Waals surface area contributed by atoms with Gasteiger partial charge in [-0.25, -0.2) is 4.39 Å². The lowest BCUT2D eigenvalue weighted by atomic mass is 10.3. The lowest BCUT2D eigenvalue weighted by Crippen LogP contribution is -2.31. The summed E-state index contributed by atoms with van der Waals surface area (Å²) in [6, 6.07) is 6.72. The Labute approximate surface area is 94.3 Å². The van der Waals surface area contributed by atoms with Gasteiger partial charge in [-0.1, -0.05) is 12.1 Å². The summed E-state index contributed by atoms with van der Waals surface area (Å²) in [5, 5.41) is 2.57. The molecule has 0 atom stereocenters. The average molecular weight is 222 g/mol. The number of rotatable bonds is 4. The molecule has 1 fully saturated rings. The summed E-state index contributed by atoms with van der Waals surface area (Å²) in [6.07, 6.45) is 2.31. The van der Waals surface area contributed by atoms with Crippen molar-refractivity contribution in [3.8, 4) is 0 Å². The van der Waals surface area contributed by atoms with Crippen LogP contribution in [0.5, 0.6) is 0 Å². The molecule has 4 heteroatoms. The lowest BCUT2D eigenvalue weighted by molar-refractivity contribution is -0.117. The molecule has 1 aromatic carbocycles. The zero-order valence-electron chi connectivity index (χ0n) is 9.24. The predicted molar refractivity (Wildman–Crippen MR) is 60.7 cm³/mol. The summed E-state index contributed by atoms with van der Waals surface area (Å²) in [7, 11) is 1.92. The number of halogens is 1. The normalized spacial score (nSPS) is 15.2. The Morgan fingerprint density at radius 3 is 2.81 bits per heavy atom. The average Bonchev–Trinajstić information content (AvgIpc) is 3.04. The van der Waals surface area contributed by atoms with Crippen LogP contribution in [0.25, 0.3) is 0 Å². The molecule has 1 aromatic rings. The number of hydrogen-bond donors (Lipinski definition) is 1. The van der Waals surface area contributed by atoms with Crippen molar-refractivity contribution >= 4 is 11.6 Å². The van der Waals surface area contributed by atoms with Crippen LogP contribution in [0.4, 0.5) is 10.1 Å². The minimum Gasteiger partial charge on any atom is -0.322 e. The van der Waals surface area contributed by atoms with Gasteiger partial charge in [0, 0.05) is 6.04 Å². The van der Waals surface area contributed by atoms with Crippen molar-refractivity contribution in [1.82, 2.24) is 4.90 Å². The first-order valence-electron chi connectivity index (χ1n) is 5.41. The van der Waals surface area contributed by atoms with Crippen molar-refractivity contribution in [3.63, 3.8) is 0 Å². The summed E-state index contributed by atoms with van der Waals surface area (Å²) in [4.78, 5) is 13.6. The molecule has 16 heavy (non-hydrogen) atoms. The molecule has 1 N–H and O–H groups in total. The van der Waals surface area contributed by atoms with Crippen molar-refractivity contribution < 1.29 is 9.18 Å². The Bertz CT molecular complexity index is 390. The molecule has 1 saturated carbocycles. The van der Waals surface area contributed by atoms with Gasteiger partial charge in [0.05, 0.1) is 12.2 Å². The minimum atomic E-state index is -0.398. The van der Waals surface area contributed by atoms with Crippen LogP contribution in [0, 0.1) is 5.82 Å². The summed E-state index contributed by atoms with van der Waals surface area (Å²) in [5.74, 6) is -0.565. The van der Waals surface area contributed by atoms with E-state index < -0.39 is 5.82 Å². The van der Waals surface area contributed by atoms with E-state index in [-0.39, 0.29) is 11.6 Å². The van der Waals surface area contributed by atoms with Crippen LogP contribution in [0.1, 0.15) is 12.8 Å². The number of carbonyl (C=O) groups is 1. The van der Waals surface area contributed by atoms with Crippen LogP contribution in [-0.4, -0.2) is 30.4 Å². The third-order valence-electron chi connectivity index (χ3n) is 2.71. The minimum absolute atomic E-state index is 0.167. The van der Waals surface area contributed by atoms with Crippen molar-refractivity contribution in [2.24, 2.45) is 0 Å². The van der Waals surface area contributed by atoms with Crippen LogP contribution >= 0.6 is 0 Å². The predicted octanol–water partition coefficient (Wildman–Crippen LogP) is 1.86. The van der Waals surface area contributed by atoms with Crippen LogP contribution < -0.4 is 5.32 Å². The van der Waals surface area contributed by atoms with Gasteiger partial charge in [0.25, 0.3) is 0 Å². The zero-order chi connectivity index (χ0) is 11.5. The van der Waals surface area contributed by atoms with Crippen LogP contribution in [-0.2, 0) is 4.79 Å². The largest absolute Gasteiger partial charge is 0.322 e. The molecule has 0 bridgehead atoms. The van der Waals surface area contributed by atoms with Gasteiger partial charge in [-0.05, 0) is 32.0 Å². The number of para-hydroxylation sites is 1. The topological polar surface area (TPSA) is 32.3 Å². The highest BCUT2D eigenvalue weighted by molar-refractivity contribution is 5.92. The summed E-state index contributed by atoms with van der Waals surface area (Å²) < 4.78 is 13.2. The molecular formula is C12H15FN2O. The Kier molecular flexibility index (Phi) is 3.19. The molecule has 0 saturated heterocycles. The molecule has 0 spiro atoms. The Hall–Kier alpha value is -1.42. The molecule has 2 rings (SSSR count). The fraction of sp³-hybridized carbons (Fsp3) is 0.417. The maximum Gasteiger partial charge on any atom is 0.238 e. The second-order valence-corrected chi connectivity index (χ2v) is 4.17. The van der Waals surface area contributed by atoms with Crippen molar-refractivity contribution in [3.05, 3.63) is 30.1 Å². The number of nitrogens with zero attached hydrogens (tertiary/aromatic N) is 1. The van der Waals surface area contributed by atoms with Gasteiger partial charge in [0.1, 0.15) is 5.82 Å². The zero-order valence-corrected chi connectivity index (χ0v) is 9.24. The third kappa shape index (κ3) is 2.79. The van der Waals surface area contributed by atoms with E-state index in [9.17, 15) is 9.18 Å². The quantitative estimate of drug-likeness (QED) is 0.843. The van der Waals surface area contributed by atoms with Gasteiger partial charge >= 0.3 is 0 Å². The van der Waals surface area contributed by atoms with Gasteiger partial charge in [0.2, 0.25) is 5.91 Å². The van der Waals surface area contributed by atoms with E-state index in [0.29, 0.717) is 12.6 Å². The molecule has 1 aliphatic carbocycles. The van der Waals surface area contributed by atoms with E-state index in [1.54, 1.807) is 18.2 Å². The van der Waals surface area contributed by atoms with Crippen LogP contribution in [0.3, 0.4) is 0 Å². The first kappa shape index (κ1) is 11.1. The molecule has 3 nitrogen and oxygen atoms in total. The number of anilines is 1. The number of amides is 1. The number of benzene rings is 1. The molecule has 0 heterocycles. The van der Waals surface area contributed by atoms with Crippen LogP contribution in [0.15, 0.2) is 24.3 Å². The third-order valence-corrected chi connectivity index (χ3v) is 2.71. The number of hydrogen-bond acceptors (Lipinski definition) is 2. The van der Waals surface area contributed by atoms with E-state index in [0.717, 1.165) is 12.8 Å². The Morgan fingerprint density at radius 1 is 1.50 bits per heavy atom. The first-order valence-corrected chi connectivity index (χ1v) is 5.41. The molecule has 0 unspecified atom stereocenters. The summed E-state index contributed by atoms with van der Waals surface area (Å²) in [6.45, 7) is 0.318. The second-order valence-electron chi connectivity index (χ2n) is 4.17. The number of likely N-dealkylation sites (N-methyl/N-ethyl adjacent to an activating group) is 1. The maximum absolute atomic E-state index is 13.2. The molecule has 86 valence electrons. The summed E-state index contributed by atoms with van der Waals surface area (Å²) in [5.41, 5.74) is 0.247. The summed E-state index contributed by atoms with van der Waals surface area (Å²) >= 11 is 0. The molecule has 1 amide bonds. The van der Waals surface area contributed by atoms with E-state index in [4.69, 9.17) is 0 Å². The van der Waals surface area contributed by atoms with E-state index in [1.807, 2.05) is 11.9 Å². The smallest absolute Gasteiger partial charge is 0.238 e. The Morgan fingerprint density at radius 2 is 2.19 bits per heavy atom. The first-order chi connectivity index (χ1) is 7.66. The molecule has 1 aliphatic rings. The molecular weight excluding hydrogens is 207 g/mol. The van der Waals surface area contributed by atoms with Crippen LogP contribution in [0.2, 0.25) is 0 Å². The highest BCUT2D eigenvalue weighted by Gasteiger charge is 2.27. The number of carbonyl (C=O) groups excluding carboxylic acids is 1. The monoisotopic (exact) mass is 222 g/mol. The van der Waals surface area contributed by atoms with E-state index >= 15 is 0 Å². The SMILES string of the molecule is CN(CC(=O)Nc1ccccc1F)C1CC1. The van der Waals surface area contributed by atoms with Gasteiger partial charge in [-0.3, -0.25) is 9.69 Å². The number of nitrogens with one attached hydrogen (secondary N) is 1. The van der Waals surface area contributed by atoms with Gasteiger partial charge < -0.3 is 5.32 Å². The van der Waals surface area contributed by atoms with Gasteiger partial charge in [-0.2, -0.15) is 0 Å². The maximum atomic E-state index is 13.2. The molecule has 0 aromatic heterocycles. The lowest BCUT2D eigenvalue weighted by Gasteiger charge is -2.15. The van der Waals surface area contributed by atoms with Crippen molar-refractivity contribution in [1.29, 1.82) is 0 Å². The highest BCUT2D eigenvalue weighted by atomic mass is 19.1. The fourth-order valence-corrected chi connectivity index (χ4v) is 1.62. The van der Waals surface area contributed by atoms with Gasteiger partial charge in [-0.15, -0.1) is 0 Å².